The van der Waals surface area contributed by atoms with Crippen molar-refractivity contribution in [3.63, 3.8) is 0 Å². The van der Waals surface area contributed by atoms with Gasteiger partial charge >= 0.3 is 0 Å². The first-order valence-electron chi connectivity index (χ1n) is 16.5. The second kappa shape index (κ2) is 17.4. The van der Waals surface area contributed by atoms with Crippen LogP contribution in [0.5, 0.6) is 0 Å². The molecule has 4 aliphatic rings. The van der Waals surface area contributed by atoms with Crippen molar-refractivity contribution in [3.05, 3.63) is 66.4 Å². The summed E-state index contributed by atoms with van der Waals surface area (Å²) in [4.78, 5) is 1.75. The van der Waals surface area contributed by atoms with E-state index in [2.05, 4.69) is 45.9 Å². The van der Waals surface area contributed by atoms with E-state index in [9.17, 15) is 13.2 Å². The summed E-state index contributed by atoms with van der Waals surface area (Å²) >= 11 is 0. The lowest BCUT2D eigenvalue weighted by Gasteiger charge is -2.39. The van der Waals surface area contributed by atoms with Crippen LogP contribution in [0.4, 0.5) is 13.2 Å². The zero-order valence-corrected chi connectivity index (χ0v) is 27.4. The number of nitrogens with one attached hydrogen (secondary N) is 4. The summed E-state index contributed by atoms with van der Waals surface area (Å²) in [5, 5.41) is 26.1. The average Bonchev–Trinajstić information content (AvgIpc) is 3.91. The van der Waals surface area contributed by atoms with Crippen LogP contribution in [0.1, 0.15) is 103 Å². The maximum Gasteiger partial charge on any atom is 0.248 e. The fourth-order valence-electron chi connectivity index (χ4n) is 5.07. The Morgan fingerprint density at radius 3 is 2.18 bits per heavy atom. The van der Waals surface area contributed by atoms with Crippen molar-refractivity contribution >= 4 is 11.9 Å². The molecular weight excluding hydrogens is 575 g/mol. The zero-order valence-electron chi connectivity index (χ0n) is 27.4. The van der Waals surface area contributed by atoms with Gasteiger partial charge in [0, 0.05) is 49.7 Å². The number of aromatic nitrogens is 3. The Morgan fingerprint density at radius 2 is 1.64 bits per heavy atom. The fraction of sp³-hybridized carbons (Fsp3) is 0.629. The SMILES string of the molecule is C1CC1.C=C(/C=C(\C=N)CNC(=C)CC1CC(C)(F)C1)N/C=C(\C)CNC(=C)c1cnn(CC2CC2)n1.FC1(F)CCCCC1. The summed E-state index contributed by atoms with van der Waals surface area (Å²) in [5.74, 6) is -1.24. The summed E-state index contributed by atoms with van der Waals surface area (Å²) in [6, 6.07) is 0. The van der Waals surface area contributed by atoms with Gasteiger partial charge in [0.1, 0.15) is 11.4 Å². The van der Waals surface area contributed by atoms with Crippen molar-refractivity contribution in [3.8, 4) is 0 Å². The number of alkyl halides is 3. The van der Waals surface area contributed by atoms with Gasteiger partial charge in [0.05, 0.1) is 18.4 Å². The summed E-state index contributed by atoms with van der Waals surface area (Å²) in [7, 11) is 0. The number of rotatable bonds is 15. The molecule has 0 unspecified atom stereocenters. The first-order valence-corrected chi connectivity index (χ1v) is 16.5. The second-order valence-corrected chi connectivity index (χ2v) is 13.4. The number of hydrogen-bond donors (Lipinski definition) is 4. The quantitative estimate of drug-likeness (QED) is 0.116. The highest BCUT2D eigenvalue weighted by Crippen LogP contribution is 2.43. The van der Waals surface area contributed by atoms with Crippen molar-refractivity contribution in [2.24, 2.45) is 11.8 Å². The molecule has 0 radical (unpaired) electrons. The topological polar surface area (TPSA) is 90.7 Å². The van der Waals surface area contributed by atoms with Crippen LogP contribution in [0.3, 0.4) is 0 Å². The van der Waals surface area contributed by atoms with Crippen LogP contribution in [0, 0.1) is 17.2 Å². The van der Waals surface area contributed by atoms with E-state index in [1.54, 1.807) is 17.9 Å². The van der Waals surface area contributed by atoms with Crippen LogP contribution in [0.2, 0.25) is 0 Å². The molecule has 0 aliphatic heterocycles. The highest BCUT2D eigenvalue weighted by atomic mass is 19.3. The highest BCUT2D eigenvalue weighted by molar-refractivity contribution is 5.77. The minimum absolute atomic E-state index is 0.118. The molecule has 0 aromatic carbocycles. The van der Waals surface area contributed by atoms with E-state index in [1.165, 1.54) is 38.3 Å². The van der Waals surface area contributed by atoms with Gasteiger partial charge in [-0.3, -0.25) is 0 Å². The van der Waals surface area contributed by atoms with Crippen LogP contribution >= 0.6 is 0 Å². The molecule has 4 saturated carbocycles. The van der Waals surface area contributed by atoms with Crippen molar-refractivity contribution in [1.82, 2.24) is 30.9 Å². The van der Waals surface area contributed by atoms with Gasteiger partial charge in [-0.2, -0.15) is 15.0 Å². The second-order valence-electron chi connectivity index (χ2n) is 13.4. The molecule has 5 rings (SSSR count). The van der Waals surface area contributed by atoms with E-state index in [1.807, 2.05) is 19.2 Å². The molecule has 0 spiro atoms. The van der Waals surface area contributed by atoms with E-state index in [0.717, 1.165) is 53.5 Å². The molecule has 250 valence electrons. The van der Waals surface area contributed by atoms with Gasteiger partial charge in [0.25, 0.3) is 0 Å². The Hall–Kier alpha value is -3.30. The van der Waals surface area contributed by atoms with Gasteiger partial charge in [-0.25, -0.2) is 13.2 Å². The van der Waals surface area contributed by atoms with Crippen LogP contribution in [-0.4, -0.2) is 45.9 Å². The molecule has 4 fully saturated rings. The van der Waals surface area contributed by atoms with Crippen LogP contribution in [0.25, 0.3) is 5.70 Å². The number of nitrogens with zero attached hydrogens (tertiary/aromatic N) is 3. The zero-order chi connectivity index (χ0) is 32.9. The van der Waals surface area contributed by atoms with E-state index in [-0.39, 0.29) is 12.8 Å². The van der Waals surface area contributed by atoms with Crippen molar-refractivity contribution in [2.75, 3.05) is 13.1 Å². The first-order chi connectivity index (χ1) is 21.3. The van der Waals surface area contributed by atoms with E-state index < -0.39 is 11.6 Å². The molecule has 1 aromatic heterocycles. The number of allylic oxidation sites excluding steroid dienone is 2. The Kier molecular flexibility index (Phi) is 14.0. The largest absolute Gasteiger partial charge is 0.385 e. The minimum Gasteiger partial charge on any atom is -0.385 e. The van der Waals surface area contributed by atoms with Crippen molar-refractivity contribution in [2.45, 2.75) is 115 Å². The van der Waals surface area contributed by atoms with Crippen molar-refractivity contribution < 1.29 is 13.2 Å². The maximum atomic E-state index is 13.6. The summed E-state index contributed by atoms with van der Waals surface area (Å²) in [5.41, 5.74) is 3.87. The predicted molar refractivity (Wildman–Crippen MR) is 179 cm³/mol. The third-order valence-electron chi connectivity index (χ3n) is 8.04. The fourth-order valence-corrected chi connectivity index (χ4v) is 5.07. The van der Waals surface area contributed by atoms with Crippen LogP contribution in [0.15, 0.2) is 60.7 Å². The minimum atomic E-state index is -2.32. The van der Waals surface area contributed by atoms with Gasteiger partial charge in [-0.1, -0.05) is 45.4 Å². The molecular formula is C35H54F3N7. The molecule has 4 N–H and O–H groups in total. The molecule has 45 heavy (non-hydrogen) atoms. The average molecular weight is 630 g/mol. The van der Waals surface area contributed by atoms with E-state index in [4.69, 9.17) is 5.41 Å². The molecule has 0 bridgehead atoms. The van der Waals surface area contributed by atoms with Gasteiger partial charge < -0.3 is 21.4 Å². The van der Waals surface area contributed by atoms with Crippen LogP contribution in [-0.2, 0) is 6.54 Å². The number of hydrogen-bond acceptors (Lipinski definition) is 6. The van der Waals surface area contributed by atoms with Gasteiger partial charge in [-0.15, -0.1) is 0 Å². The summed E-state index contributed by atoms with van der Waals surface area (Å²) in [6.45, 7) is 17.7. The smallest absolute Gasteiger partial charge is 0.248 e. The van der Waals surface area contributed by atoms with E-state index >= 15 is 0 Å². The predicted octanol–water partition coefficient (Wildman–Crippen LogP) is 8.22. The van der Waals surface area contributed by atoms with Gasteiger partial charge in [0.2, 0.25) is 5.92 Å². The standard InChI is InChI=1S/C26H38FN7.C6H10F2.C3H6/c1-18(14-31-21(4)25-16-32-34(33-25)17-22-6-7-22)13-29-20(3)9-24(12-28)15-30-19(2)8-23-10-26(5,27)11-23;7-6(8)4-2-1-3-5-6;1-2-3-1/h9,12-13,16,22-23,28-31H,2-4,6-8,10-11,14-15,17H2,1,5H3;1-5H2;1-3H2/b18-13+,24-9+,28-12?;;. The Balaban J connectivity index is 0.000000418. The monoisotopic (exact) mass is 629 g/mol. The molecule has 0 atom stereocenters. The maximum absolute atomic E-state index is 13.6. The molecule has 7 nitrogen and oxygen atoms in total. The molecule has 10 heteroatoms. The lowest BCUT2D eigenvalue weighted by atomic mass is 9.71. The Labute approximate surface area is 268 Å². The van der Waals surface area contributed by atoms with Gasteiger partial charge in [0.15, 0.2) is 0 Å². The Morgan fingerprint density at radius 1 is 1.00 bits per heavy atom. The molecule has 0 saturated heterocycles. The van der Waals surface area contributed by atoms with Crippen molar-refractivity contribution in [1.29, 1.82) is 5.41 Å². The molecule has 0 amide bonds. The molecule has 1 aromatic rings. The normalized spacial score (nSPS) is 23.5. The summed E-state index contributed by atoms with van der Waals surface area (Å²) in [6.07, 6.45) is 18.4. The molecule has 4 aliphatic carbocycles. The lowest BCUT2D eigenvalue weighted by Crippen LogP contribution is -2.37. The van der Waals surface area contributed by atoms with E-state index in [0.29, 0.717) is 50.4 Å². The lowest BCUT2D eigenvalue weighted by molar-refractivity contribution is -0.0337. The first kappa shape index (κ1) is 36.2. The molecule has 1 heterocycles. The summed E-state index contributed by atoms with van der Waals surface area (Å²) < 4.78 is 38.0. The Bertz CT molecular complexity index is 1190. The third kappa shape index (κ3) is 15.5. The highest BCUT2D eigenvalue weighted by Gasteiger charge is 2.40. The van der Waals surface area contributed by atoms with Crippen LogP contribution < -0.4 is 16.0 Å². The number of halogens is 3. The third-order valence-corrected chi connectivity index (χ3v) is 8.04. The van der Waals surface area contributed by atoms with Gasteiger partial charge in [-0.05, 0) is 87.9 Å².